The highest BCUT2D eigenvalue weighted by Gasteiger charge is 2.41. The maximum Gasteiger partial charge on any atom is 0.328 e. The van der Waals surface area contributed by atoms with E-state index in [1.807, 2.05) is 24.3 Å². The molecule has 0 N–H and O–H groups in total. The van der Waals surface area contributed by atoms with Crippen LogP contribution in [0.4, 0.5) is 4.79 Å². The number of imide groups is 1. The summed E-state index contributed by atoms with van der Waals surface area (Å²) in [5, 5.41) is -0.473. The van der Waals surface area contributed by atoms with Gasteiger partial charge in [-0.25, -0.2) is 4.79 Å². The van der Waals surface area contributed by atoms with Crippen molar-refractivity contribution in [1.82, 2.24) is 4.90 Å². The lowest BCUT2D eigenvalue weighted by molar-refractivity contribution is -0.148. The number of nitrogens with zero attached hydrogens (tertiary/aromatic N) is 1. The number of benzene rings is 1. The molecule has 0 radical (unpaired) electrons. The number of methoxy groups -OCH3 is 1. The molecule has 0 spiro atoms. The smallest absolute Gasteiger partial charge is 0.328 e. The fourth-order valence-electron chi connectivity index (χ4n) is 1.84. The van der Waals surface area contributed by atoms with Gasteiger partial charge in [-0.05, 0) is 42.5 Å². The van der Waals surface area contributed by atoms with Crippen LogP contribution < -0.4 is 0 Å². The number of carbonyl (C=O) groups excluding carboxylic acids is 3. The first kappa shape index (κ1) is 15.8. The lowest BCUT2D eigenvalue weighted by atomic mass is 10.2. The summed E-state index contributed by atoms with van der Waals surface area (Å²) in [4.78, 5) is 36.9. The maximum absolute atomic E-state index is 12.3. The summed E-state index contributed by atoms with van der Waals surface area (Å²) in [5.41, 5.74) is 0.792. The van der Waals surface area contributed by atoms with E-state index in [0.29, 0.717) is 0 Å². The summed E-state index contributed by atoms with van der Waals surface area (Å²) >= 11 is 4.16. The minimum Gasteiger partial charge on any atom is -0.467 e. The van der Waals surface area contributed by atoms with E-state index in [-0.39, 0.29) is 4.91 Å². The van der Waals surface area contributed by atoms with Crippen LogP contribution in [-0.2, 0) is 14.3 Å². The molecule has 21 heavy (non-hydrogen) atoms. The molecule has 2 amide bonds. The normalized spacial score (nSPS) is 18.2. The predicted molar refractivity (Wildman–Crippen MR) is 83.4 cm³/mol. The van der Waals surface area contributed by atoms with Gasteiger partial charge in [0.15, 0.2) is 0 Å². The first-order chi connectivity index (χ1) is 9.93. The average molecular weight is 370 g/mol. The molecule has 1 aromatic rings. The van der Waals surface area contributed by atoms with E-state index >= 15 is 0 Å². The number of esters is 1. The number of ether oxygens (including phenoxy) is 1. The topological polar surface area (TPSA) is 63.7 Å². The molecule has 1 saturated heterocycles. The number of rotatable bonds is 3. The van der Waals surface area contributed by atoms with E-state index < -0.39 is 23.2 Å². The van der Waals surface area contributed by atoms with Gasteiger partial charge in [0.05, 0.1) is 12.0 Å². The Labute approximate surface area is 134 Å². The molecule has 0 aliphatic carbocycles. The summed E-state index contributed by atoms with van der Waals surface area (Å²) < 4.78 is 5.44. The lowest BCUT2D eigenvalue weighted by Gasteiger charge is -2.18. The molecule has 5 nitrogen and oxygen atoms in total. The molecular weight excluding hydrogens is 358 g/mol. The largest absolute Gasteiger partial charge is 0.467 e. The van der Waals surface area contributed by atoms with Gasteiger partial charge in [0.25, 0.3) is 11.1 Å². The molecule has 1 aliphatic heterocycles. The molecule has 0 saturated carbocycles. The summed E-state index contributed by atoms with van der Waals surface area (Å²) in [6.07, 6.45) is 1.62. The van der Waals surface area contributed by atoms with Gasteiger partial charge in [0.2, 0.25) is 0 Å². The molecule has 0 bridgehead atoms. The third-order valence-corrected chi connectivity index (χ3v) is 4.28. The fraction of sp³-hybridized carbons (Fsp3) is 0.214. The molecule has 1 aliphatic rings. The third kappa shape index (κ3) is 3.36. The minimum atomic E-state index is -0.934. The highest BCUT2D eigenvalue weighted by Crippen LogP contribution is 2.34. The Morgan fingerprint density at radius 3 is 2.76 bits per heavy atom. The van der Waals surface area contributed by atoms with Gasteiger partial charge < -0.3 is 4.74 Å². The number of hydrogen-bond acceptors (Lipinski definition) is 5. The fourth-order valence-corrected chi connectivity index (χ4v) is 3.16. The molecule has 1 atom stereocenters. The molecule has 1 aromatic carbocycles. The Morgan fingerprint density at radius 2 is 2.14 bits per heavy atom. The Balaban J connectivity index is 2.28. The van der Waals surface area contributed by atoms with Crippen LogP contribution in [0, 0.1) is 0 Å². The SMILES string of the molecule is COC(=O)[C@H](C)N1C(=O)S/C(=C\c2cccc(Br)c2)C1=O. The second-order valence-corrected chi connectivity index (χ2v) is 6.21. The van der Waals surface area contributed by atoms with Crippen molar-refractivity contribution < 1.29 is 19.1 Å². The maximum atomic E-state index is 12.3. The molecule has 1 fully saturated rings. The zero-order valence-electron chi connectivity index (χ0n) is 11.3. The van der Waals surface area contributed by atoms with Crippen LogP contribution in [0.5, 0.6) is 0 Å². The molecule has 7 heteroatoms. The van der Waals surface area contributed by atoms with Gasteiger partial charge in [-0.2, -0.15) is 0 Å². The Hall–Kier alpha value is -1.60. The van der Waals surface area contributed by atoms with Crippen molar-refractivity contribution in [3.63, 3.8) is 0 Å². The highest BCUT2D eigenvalue weighted by atomic mass is 79.9. The molecule has 110 valence electrons. The lowest BCUT2D eigenvalue weighted by Crippen LogP contribution is -2.42. The number of carbonyl (C=O) groups is 3. The van der Waals surface area contributed by atoms with Crippen molar-refractivity contribution in [2.24, 2.45) is 0 Å². The number of halogens is 1. The van der Waals surface area contributed by atoms with E-state index in [4.69, 9.17) is 0 Å². The van der Waals surface area contributed by atoms with Crippen molar-refractivity contribution in [3.8, 4) is 0 Å². The summed E-state index contributed by atoms with van der Waals surface area (Å²) in [7, 11) is 1.22. The predicted octanol–water partition coefficient (Wildman–Crippen LogP) is 3.05. The van der Waals surface area contributed by atoms with Crippen molar-refractivity contribution in [2.75, 3.05) is 7.11 Å². The number of hydrogen-bond donors (Lipinski definition) is 0. The van der Waals surface area contributed by atoms with E-state index in [1.54, 1.807) is 6.08 Å². The van der Waals surface area contributed by atoms with Crippen LogP contribution in [0.25, 0.3) is 6.08 Å². The van der Waals surface area contributed by atoms with Gasteiger partial charge in [-0.3, -0.25) is 14.5 Å². The van der Waals surface area contributed by atoms with Gasteiger partial charge >= 0.3 is 5.97 Å². The quantitative estimate of drug-likeness (QED) is 0.605. The first-order valence-electron chi connectivity index (χ1n) is 6.04. The standard InChI is InChI=1S/C14H12BrNO4S/c1-8(13(18)20-2)16-12(17)11(21-14(16)19)7-9-4-3-5-10(15)6-9/h3-8H,1-2H3/b11-7-/t8-/m0/s1. The molecule has 1 heterocycles. The van der Waals surface area contributed by atoms with E-state index in [9.17, 15) is 14.4 Å². The van der Waals surface area contributed by atoms with Gasteiger partial charge in [-0.15, -0.1) is 0 Å². The van der Waals surface area contributed by atoms with Crippen LogP contribution in [-0.4, -0.2) is 35.2 Å². The Bertz CT molecular complexity index is 644. The van der Waals surface area contributed by atoms with Crippen molar-refractivity contribution >= 4 is 50.9 Å². The van der Waals surface area contributed by atoms with Gasteiger partial charge in [0.1, 0.15) is 6.04 Å². The van der Waals surface area contributed by atoms with Crippen LogP contribution in [0.2, 0.25) is 0 Å². The molecule has 0 aromatic heterocycles. The number of thioether (sulfide) groups is 1. The van der Waals surface area contributed by atoms with Crippen molar-refractivity contribution in [3.05, 3.63) is 39.2 Å². The first-order valence-corrected chi connectivity index (χ1v) is 7.65. The summed E-state index contributed by atoms with van der Waals surface area (Å²) in [5.74, 6) is -1.11. The minimum absolute atomic E-state index is 0.286. The second kappa shape index (κ2) is 6.44. The van der Waals surface area contributed by atoms with Crippen LogP contribution in [0.3, 0.4) is 0 Å². The van der Waals surface area contributed by atoms with Crippen molar-refractivity contribution in [1.29, 1.82) is 0 Å². The van der Waals surface area contributed by atoms with E-state index in [0.717, 1.165) is 26.7 Å². The summed E-state index contributed by atoms with van der Waals surface area (Å²) in [6.45, 7) is 1.46. The number of amides is 2. The Morgan fingerprint density at radius 1 is 1.43 bits per heavy atom. The van der Waals surface area contributed by atoms with Crippen LogP contribution in [0.15, 0.2) is 33.6 Å². The zero-order chi connectivity index (χ0) is 15.6. The third-order valence-electron chi connectivity index (χ3n) is 2.90. The molecular formula is C14H12BrNO4S. The van der Waals surface area contributed by atoms with E-state index in [1.165, 1.54) is 14.0 Å². The average Bonchev–Trinajstić information content (AvgIpc) is 2.72. The van der Waals surface area contributed by atoms with Crippen LogP contribution >= 0.6 is 27.7 Å². The highest BCUT2D eigenvalue weighted by molar-refractivity contribution is 9.10. The van der Waals surface area contributed by atoms with Crippen molar-refractivity contribution in [2.45, 2.75) is 13.0 Å². The Kier molecular flexibility index (Phi) is 4.84. The monoisotopic (exact) mass is 369 g/mol. The van der Waals surface area contributed by atoms with Crippen LogP contribution in [0.1, 0.15) is 12.5 Å². The molecule has 0 unspecified atom stereocenters. The summed E-state index contributed by atoms with van der Waals surface area (Å²) in [6, 6.07) is 6.41. The zero-order valence-corrected chi connectivity index (χ0v) is 13.7. The second-order valence-electron chi connectivity index (χ2n) is 4.31. The van der Waals surface area contributed by atoms with Gasteiger partial charge in [-0.1, -0.05) is 28.1 Å². The molecule has 2 rings (SSSR count). The van der Waals surface area contributed by atoms with Gasteiger partial charge in [0, 0.05) is 4.47 Å². The van der Waals surface area contributed by atoms with E-state index in [2.05, 4.69) is 20.7 Å².